The Labute approximate surface area is 121 Å². The van der Waals surface area contributed by atoms with Crippen molar-refractivity contribution in [2.24, 2.45) is 0 Å². The third kappa shape index (κ3) is 4.72. The van der Waals surface area contributed by atoms with Crippen molar-refractivity contribution in [3.8, 4) is 0 Å². The molecule has 0 amide bonds. The minimum absolute atomic E-state index is 0.715. The van der Waals surface area contributed by atoms with Crippen molar-refractivity contribution in [2.75, 3.05) is 45.7 Å². The van der Waals surface area contributed by atoms with Crippen LogP contribution in [0.5, 0.6) is 0 Å². The van der Waals surface area contributed by atoms with Gasteiger partial charge in [-0.05, 0) is 39.8 Å². The van der Waals surface area contributed by atoms with Crippen LogP contribution in [0.1, 0.15) is 30.5 Å². The van der Waals surface area contributed by atoms with Crippen LogP contribution in [-0.2, 0) is 17.6 Å². The van der Waals surface area contributed by atoms with E-state index in [-0.39, 0.29) is 0 Å². The molecule has 0 radical (unpaired) electrons. The molecule has 20 heavy (non-hydrogen) atoms. The number of nitrogens with zero attached hydrogens (tertiary/aromatic N) is 3. The second-order valence-corrected chi connectivity index (χ2v) is 5.55. The summed E-state index contributed by atoms with van der Waals surface area (Å²) in [5.41, 5.74) is 2.55. The summed E-state index contributed by atoms with van der Waals surface area (Å²) in [4.78, 5) is 10.9. The maximum atomic E-state index is 5.59. The Kier molecular flexibility index (Phi) is 6.21. The summed E-state index contributed by atoms with van der Waals surface area (Å²) in [5, 5.41) is 3.40. The van der Waals surface area contributed by atoms with E-state index in [1.54, 1.807) is 6.33 Å². The predicted octanol–water partition coefficient (Wildman–Crippen LogP) is 1.74. The second kappa shape index (κ2) is 8.17. The van der Waals surface area contributed by atoms with Gasteiger partial charge in [0.05, 0.1) is 13.2 Å². The monoisotopic (exact) mass is 278 g/mol. The number of rotatable bonds is 7. The lowest BCUT2D eigenvalue weighted by molar-refractivity contribution is 0.126. The van der Waals surface area contributed by atoms with Gasteiger partial charge in [0.1, 0.15) is 12.1 Å². The summed E-state index contributed by atoms with van der Waals surface area (Å²) >= 11 is 0. The van der Waals surface area contributed by atoms with E-state index >= 15 is 0 Å². The Balaban J connectivity index is 1.78. The van der Waals surface area contributed by atoms with Gasteiger partial charge < -0.3 is 15.0 Å². The summed E-state index contributed by atoms with van der Waals surface area (Å²) in [6.07, 6.45) is 7.65. The van der Waals surface area contributed by atoms with Gasteiger partial charge >= 0.3 is 0 Å². The van der Waals surface area contributed by atoms with E-state index in [1.165, 1.54) is 30.5 Å². The van der Waals surface area contributed by atoms with Gasteiger partial charge in [-0.2, -0.15) is 0 Å². The van der Waals surface area contributed by atoms with Crippen LogP contribution in [0.4, 0.5) is 5.82 Å². The summed E-state index contributed by atoms with van der Waals surface area (Å²) in [6.45, 7) is 3.25. The van der Waals surface area contributed by atoms with Gasteiger partial charge in [0.2, 0.25) is 0 Å². The standard InChI is InChI=1S/C15H26N4O/c1-19(2)9-11-20-10-8-16-15-13-6-4-3-5-7-14(13)17-12-18-15/h12H,3-11H2,1-2H3,(H,16,17,18). The van der Waals surface area contributed by atoms with E-state index in [1.807, 2.05) is 0 Å². The van der Waals surface area contributed by atoms with Gasteiger partial charge in [0.15, 0.2) is 0 Å². The van der Waals surface area contributed by atoms with Crippen molar-refractivity contribution in [1.29, 1.82) is 0 Å². The maximum Gasteiger partial charge on any atom is 0.132 e. The van der Waals surface area contributed by atoms with Crippen molar-refractivity contribution in [2.45, 2.75) is 32.1 Å². The summed E-state index contributed by atoms with van der Waals surface area (Å²) in [6, 6.07) is 0. The molecule has 1 aliphatic rings. The first-order valence-corrected chi connectivity index (χ1v) is 7.56. The van der Waals surface area contributed by atoms with E-state index < -0.39 is 0 Å². The van der Waals surface area contributed by atoms with E-state index in [9.17, 15) is 0 Å². The third-order valence-electron chi connectivity index (χ3n) is 3.60. The van der Waals surface area contributed by atoms with Gasteiger partial charge in [-0.3, -0.25) is 0 Å². The molecule has 0 fully saturated rings. The van der Waals surface area contributed by atoms with Gasteiger partial charge in [-0.15, -0.1) is 0 Å². The van der Waals surface area contributed by atoms with Crippen LogP contribution in [0.15, 0.2) is 6.33 Å². The number of aryl methyl sites for hydroxylation is 1. The molecule has 0 saturated heterocycles. The lowest BCUT2D eigenvalue weighted by atomic mass is 10.1. The Bertz CT molecular complexity index is 409. The number of aromatic nitrogens is 2. The number of anilines is 1. The highest BCUT2D eigenvalue weighted by atomic mass is 16.5. The molecule has 5 heteroatoms. The Morgan fingerprint density at radius 1 is 1.15 bits per heavy atom. The molecule has 0 saturated carbocycles. The Morgan fingerprint density at radius 2 is 2.00 bits per heavy atom. The molecule has 5 nitrogen and oxygen atoms in total. The lowest BCUT2D eigenvalue weighted by Crippen LogP contribution is -2.20. The summed E-state index contributed by atoms with van der Waals surface area (Å²) in [7, 11) is 4.11. The molecule has 0 atom stereocenters. The predicted molar refractivity (Wildman–Crippen MR) is 81.2 cm³/mol. The minimum atomic E-state index is 0.715. The van der Waals surface area contributed by atoms with E-state index in [0.29, 0.717) is 6.61 Å². The van der Waals surface area contributed by atoms with Crippen molar-refractivity contribution >= 4 is 5.82 Å². The fourth-order valence-electron chi connectivity index (χ4n) is 2.44. The molecule has 1 N–H and O–H groups in total. The van der Waals surface area contributed by atoms with Crippen LogP contribution >= 0.6 is 0 Å². The van der Waals surface area contributed by atoms with Gasteiger partial charge in [0.25, 0.3) is 0 Å². The molecule has 0 spiro atoms. The van der Waals surface area contributed by atoms with Crippen LogP contribution < -0.4 is 5.32 Å². The van der Waals surface area contributed by atoms with E-state index in [2.05, 4.69) is 34.3 Å². The zero-order valence-corrected chi connectivity index (χ0v) is 12.7. The van der Waals surface area contributed by atoms with Crippen LogP contribution in [0.25, 0.3) is 0 Å². The minimum Gasteiger partial charge on any atom is -0.378 e. The Morgan fingerprint density at radius 3 is 2.85 bits per heavy atom. The lowest BCUT2D eigenvalue weighted by Gasteiger charge is -2.13. The zero-order valence-electron chi connectivity index (χ0n) is 12.7. The topological polar surface area (TPSA) is 50.3 Å². The van der Waals surface area contributed by atoms with Crippen LogP contribution in [-0.4, -0.2) is 55.3 Å². The third-order valence-corrected chi connectivity index (χ3v) is 3.60. The fraction of sp³-hybridized carbons (Fsp3) is 0.733. The molecular formula is C15H26N4O. The maximum absolute atomic E-state index is 5.59. The number of ether oxygens (including phenoxy) is 1. The molecule has 112 valence electrons. The molecule has 1 heterocycles. The van der Waals surface area contributed by atoms with Crippen LogP contribution in [0.3, 0.4) is 0 Å². The molecule has 2 rings (SSSR count). The van der Waals surface area contributed by atoms with E-state index in [4.69, 9.17) is 4.74 Å². The molecule has 1 aromatic heterocycles. The fourth-order valence-corrected chi connectivity index (χ4v) is 2.44. The smallest absolute Gasteiger partial charge is 0.132 e. The summed E-state index contributed by atoms with van der Waals surface area (Å²) in [5.74, 6) is 1.01. The molecular weight excluding hydrogens is 252 g/mol. The molecule has 1 aliphatic carbocycles. The molecule has 0 unspecified atom stereocenters. The van der Waals surface area contributed by atoms with Crippen LogP contribution in [0.2, 0.25) is 0 Å². The molecule has 0 aliphatic heterocycles. The average molecular weight is 278 g/mol. The molecule has 0 aromatic carbocycles. The summed E-state index contributed by atoms with van der Waals surface area (Å²) < 4.78 is 5.59. The van der Waals surface area contributed by atoms with Gasteiger partial charge in [-0.25, -0.2) is 9.97 Å². The highest BCUT2D eigenvalue weighted by molar-refractivity contribution is 5.46. The van der Waals surface area contributed by atoms with E-state index in [0.717, 1.165) is 38.4 Å². The normalized spacial score (nSPS) is 14.9. The van der Waals surface area contributed by atoms with Crippen molar-refractivity contribution in [3.63, 3.8) is 0 Å². The highest BCUT2D eigenvalue weighted by Gasteiger charge is 2.13. The molecule has 0 bridgehead atoms. The SMILES string of the molecule is CN(C)CCOCCNc1ncnc2c1CCCCC2. The Hall–Kier alpha value is -1.20. The number of hydrogen-bond donors (Lipinski definition) is 1. The van der Waals surface area contributed by atoms with Crippen molar-refractivity contribution in [1.82, 2.24) is 14.9 Å². The first-order valence-electron chi connectivity index (χ1n) is 7.56. The second-order valence-electron chi connectivity index (χ2n) is 5.55. The van der Waals surface area contributed by atoms with Gasteiger partial charge in [-0.1, -0.05) is 6.42 Å². The first-order chi connectivity index (χ1) is 9.77. The largest absolute Gasteiger partial charge is 0.378 e. The number of fused-ring (bicyclic) bond motifs is 1. The van der Waals surface area contributed by atoms with Crippen molar-refractivity contribution in [3.05, 3.63) is 17.6 Å². The quantitative estimate of drug-likeness (QED) is 0.608. The number of nitrogens with one attached hydrogen (secondary N) is 1. The average Bonchev–Trinajstić information content (AvgIpc) is 2.68. The van der Waals surface area contributed by atoms with Crippen molar-refractivity contribution < 1.29 is 4.74 Å². The molecule has 1 aromatic rings. The highest BCUT2D eigenvalue weighted by Crippen LogP contribution is 2.23. The zero-order chi connectivity index (χ0) is 14.2. The first kappa shape index (κ1) is 15.2. The number of likely N-dealkylation sites (N-methyl/N-ethyl adjacent to an activating group) is 1. The van der Waals surface area contributed by atoms with Crippen LogP contribution in [0, 0.1) is 0 Å². The van der Waals surface area contributed by atoms with Gasteiger partial charge in [0, 0.05) is 24.3 Å². The number of hydrogen-bond acceptors (Lipinski definition) is 5.